The fraction of sp³-hybridized carbons (Fsp3) is 0.364. The van der Waals surface area contributed by atoms with Crippen LogP contribution >= 0.6 is 0 Å². The van der Waals surface area contributed by atoms with E-state index < -0.39 is 0 Å². The zero-order valence-electron chi connectivity index (χ0n) is 16.0. The number of benzene rings is 2. The van der Waals surface area contributed by atoms with Crippen LogP contribution in [0.3, 0.4) is 0 Å². The molecule has 2 aliphatic heterocycles. The molecule has 2 aromatic rings. The van der Waals surface area contributed by atoms with Gasteiger partial charge in [0, 0.05) is 37.3 Å². The summed E-state index contributed by atoms with van der Waals surface area (Å²) in [5, 5.41) is 5.89. The summed E-state index contributed by atoms with van der Waals surface area (Å²) in [5.41, 5.74) is 1.36. The van der Waals surface area contributed by atoms with E-state index in [1.807, 2.05) is 0 Å². The topological polar surface area (TPSA) is 70.7 Å². The van der Waals surface area contributed by atoms with Gasteiger partial charge >= 0.3 is 0 Å². The van der Waals surface area contributed by atoms with E-state index in [0.717, 1.165) is 31.1 Å². The molecule has 28 heavy (non-hydrogen) atoms. The predicted molar refractivity (Wildman–Crippen MR) is 108 cm³/mol. The molecule has 2 heterocycles. The number of hydrogen-bond donors (Lipinski definition) is 2. The zero-order chi connectivity index (χ0) is 19.5. The van der Waals surface area contributed by atoms with E-state index in [9.17, 15) is 9.59 Å². The molecule has 4 rings (SSSR count). The van der Waals surface area contributed by atoms with E-state index in [1.54, 1.807) is 48.5 Å². The van der Waals surface area contributed by atoms with E-state index in [0.29, 0.717) is 17.1 Å². The van der Waals surface area contributed by atoms with Crippen molar-refractivity contribution >= 4 is 17.5 Å². The minimum atomic E-state index is -0.111. The maximum absolute atomic E-state index is 12.5. The highest BCUT2D eigenvalue weighted by Gasteiger charge is 2.32. The van der Waals surface area contributed by atoms with Crippen LogP contribution in [-0.2, 0) is 4.79 Å². The second-order valence-electron chi connectivity index (χ2n) is 7.65. The lowest BCUT2D eigenvalue weighted by Crippen LogP contribution is -2.46. The minimum Gasteiger partial charge on any atom is -0.457 e. The van der Waals surface area contributed by atoms with Crippen LogP contribution in [0.5, 0.6) is 11.5 Å². The molecular weight excluding hydrogens is 354 g/mol. The third-order valence-electron chi connectivity index (χ3n) is 5.33. The number of carbonyl (C=O) groups is 2. The SMILES string of the molecule is CC(=O)Nc1ccc(Oc2ccc(C(=O)N[C@@H]3C[C@H]4CCN(C4)C3)cc2)cc1. The van der Waals surface area contributed by atoms with Crippen LogP contribution in [0.2, 0.25) is 0 Å². The standard InChI is InChI=1S/C22H25N3O3/c1-15(26)23-18-4-8-21(9-5-18)28-20-6-2-17(3-7-20)22(27)24-19-12-16-10-11-25(13-16)14-19/h2-9,16,19H,10-14H2,1H3,(H,23,26)(H,24,27)/t16-,19-/m1/s1. The Morgan fingerprint density at radius 1 is 1.00 bits per heavy atom. The average molecular weight is 379 g/mol. The van der Waals surface area contributed by atoms with Gasteiger partial charge in [-0.2, -0.15) is 0 Å². The number of anilines is 1. The van der Waals surface area contributed by atoms with Gasteiger partial charge in [-0.25, -0.2) is 0 Å². The number of rotatable bonds is 5. The fourth-order valence-corrected chi connectivity index (χ4v) is 4.05. The highest BCUT2D eigenvalue weighted by atomic mass is 16.5. The summed E-state index contributed by atoms with van der Waals surface area (Å²) < 4.78 is 5.81. The van der Waals surface area contributed by atoms with Gasteiger partial charge in [-0.3, -0.25) is 9.59 Å². The van der Waals surface area contributed by atoms with Crippen molar-refractivity contribution in [3.8, 4) is 11.5 Å². The molecule has 2 N–H and O–H groups in total. The van der Waals surface area contributed by atoms with Crippen molar-refractivity contribution in [3.05, 3.63) is 54.1 Å². The van der Waals surface area contributed by atoms with Crippen LogP contribution in [-0.4, -0.2) is 42.4 Å². The number of fused-ring (bicyclic) bond motifs is 2. The first-order chi connectivity index (χ1) is 13.5. The molecule has 0 radical (unpaired) electrons. The number of nitrogens with one attached hydrogen (secondary N) is 2. The third-order valence-corrected chi connectivity index (χ3v) is 5.33. The maximum atomic E-state index is 12.5. The molecule has 0 saturated carbocycles. The summed E-state index contributed by atoms with van der Waals surface area (Å²) in [4.78, 5) is 26.0. The van der Waals surface area contributed by atoms with E-state index in [2.05, 4.69) is 15.5 Å². The zero-order valence-corrected chi connectivity index (χ0v) is 16.0. The van der Waals surface area contributed by atoms with Gasteiger partial charge in [0.1, 0.15) is 11.5 Å². The number of hydrogen-bond acceptors (Lipinski definition) is 4. The molecule has 2 saturated heterocycles. The van der Waals surface area contributed by atoms with Crippen LogP contribution in [0.1, 0.15) is 30.1 Å². The van der Waals surface area contributed by atoms with Gasteiger partial charge in [0.15, 0.2) is 0 Å². The Hall–Kier alpha value is -2.86. The third kappa shape index (κ3) is 4.51. The summed E-state index contributed by atoms with van der Waals surface area (Å²) in [6.07, 6.45) is 2.34. The van der Waals surface area contributed by atoms with Gasteiger partial charge in [0.2, 0.25) is 5.91 Å². The fourth-order valence-electron chi connectivity index (χ4n) is 4.05. The number of ether oxygens (including phenoxy) is 1. The number of nitrogens with zero attached hydrogens (tertiary/aromatic N) is 1. The summed E-state index contributed by atoms with van der Waals surface area (Å²) in [7, 11) is 0. The van der Waals surface area contributed by atoms with Crippen molar-refractivity contribution in [1.82, 2.24) is 10.2 Å². The van der Waals surface area contributed by atoms with Gasteiger partial charge in [0.05, 0.1) is 0 Å². The van der Waals surface area contributed by atoms with Crippen molar-refractivity contribution in [2.45, 2.75) is 25.8 Å². The van der Waals surface area contributed by atoms with E-state index in [4.69, 9.17) is 4.74 Å². The molecule has 2 aromatic carbocycles. The molecule has 2 aliphatic rings. The summed E-state index contributed by atoms with van der Waals surface area (Å²) >= 11 is 0. The molecule has 0 spiro atoms. The second kappa shape index (κ2) is 8.02. The Kier molecular flexibility index (Phi) is 5.30. The molecule has 6 nitrogen and oxygen atoms in total. The van der Waals surface area contributed by atoms with Gasteiger partial charge in [-0.05, 0) is 73.8 Å². The molecule has 146 valence electrons. The molecule has 2 amide bonds. The number of carbonyl (C=O) groups excluding carboxylic acids is 2. The normalized spacial score (nSPS) is 23.1. The molecule has 0 aromatic heterocycles. The maximum Gasteiger partial charge on any atom is 0.251 e. The molecular formula is C22H25N3O3. The molecule has 2 bridgehead atoms. The monoisotopic (exact) mass is 379 g/mol. The molecule has 3 atom stereocenters. The first-order valence-electron chi connectivity index (χ1n) is 9.74. The highest BCUT2D eigenvalue weighted by molar-refractivity contribution is 5.94. The smallest absolute Gasteiger partial charge is 0.251 e. The van der Waals surface area contributed by atoms with Crippen molar-refractivity contribution in [2.75, 3.05) is 25.0 Å². The molecule has 0 aliphatic carbocycles. The van der Waals surface area contributed by atoms with Crippen molar-refractivity contribution in [3.63, 3.8) is 0 Å². The Balaban J connectivity index is 1.33. The number of amides is 2. The van der Waals surface area contributed by atoms with E-state index in [1.165, 1.54) is 19.9 Å². The summed E-state index contributed by atoms with van der Waals surface area (Å²) in [6, 6.07) is 14.6. The van der Waals surface area contributed by atoms with Crippen LogP contribution in [0, 0.1) is 5.92 Å². The number of piperidine rings is 1. The Morgan fingerprint density at radius 3 is 2.32 bits per heavy atom. The first-order valence-corrected chi connectivity index (χ1v) is 9.74. The quantitative estimate of drug-likeness (QED) is 0.837. The predicted octanol–water partition coefficient (Wildman–Crippen LogP) is 3.26. The van der Waals surface area contributed by atoms with Gasteiger partial charge in [-0.15, -0.1) is 0 Å². The minimum absolute atomic E-state index is 0.0290. The second-order valence-corrected chi connectivity index (χ2v) is 7.65. The summed E-state index contributed by atoms with van der Waals surface area (Å²) in [5.74, 6) is 1.91. The Labute approximate surface area is 164 Å². The lowest BCUT2D eigenvalue weighted by Gasteiger charge is -2.30. The molecule has 6 heteroatoms. The van der Waals surface area contributed by atoms with Crippen LogP contribution in [0.15, 0.2) is 48.5 Å². The van der Waals surface area contributed by atoms with Crippen molar-refractivity contribution in [1.29, 1.82) is 0 Å². The van der Waals surface area contributed by atoms with Crippen LogP contribution < -0.4 is 15.4 Å². The van der Waals surface area contributed by atoms with Crippen molar-refractivity contribution < 1.29 is 14.3 Å². The molecule has 1 unspecified atom stereocenters. The van der Waals surface area contributed by atoms with Crippen LogP contribution in [0.25, 0.3) is 0 Å². The van der Waals surface area contributed by atoms with Crippen molar-refractivity contribution in [2.24, 2.45) is 5.92 Å². The average Bonchev–Trinajstić information content (AvgIpc) is 3.02. The molecule has 2 fully saturated rings. The first kappa shape index (κ1) is 18.5. The highest BCUT2D eigenvalue weighted by Crippen LogP contribution is 2.27. The van der Waals surface area contributed by atoms with Gasteiger partial charge < -0.3 is 20.3 Å². The van der Waals surface area contributed by atoms with Crippen LogP contribution in [0.4, 0.5) is 5.69 Å². The van der Waals surface area contributed by atoms with Gasteiger partial charge in [-0.1, -0.05) is 0 Å². The lowest BCUT2D eigenvalue weighted by molar-refractivity contribution is -0.114. The largest absolute Gasteiger partial charge is 0.457 e. The van der Waals surface area contributed by atoms with E-state index in [-0.39, 0.29) is 17.9 Å². The van der Waals surface area contributed by atoms with E-state index >= 15 is 0 Å². The van der Waals surface area contributed by atoms with Gasteiger partial charge in [0.25, 0.3) is 5.91 Å². The summed E-state index contributed by atoms with van der Waals surface area (Å²) in [6.45, 7) is 4.77. The lowest BCUT2D eigenvalue weighted by atomic mass is 9.96. The Bertz CT molecular complexity index is 836. The Morgan fingerprint density at radius 2 is 1.68 bits per heavy atom.